The average Bonchev–Trinajstić information content (AvgIpc) is 2.39. The third-order valence-corrected chi connectivity index (χ3v) is 3.15. The zero-order valence-corrected chi connectivity index (χ0v) is 9.22. The van der Waals surface area contributed by atoms with Gasteiger partial charge in [0.05, 0.1) is 0 Å². The Balaban J connectivity index is 3.09. The second-order valence-corrected chi connectivity index (χ2v) is 4.42. The van der Waals surface area contributed by atoms with Crippen LogP contribution in [0, 0.1) is 0 Å². The van der Waals surface area contributed by atoms with Crippen molar-refractivity contribution in [3.05, 3.63) is 0 Å². The average molecular weight is 270 g/mol. The lowest BCUT2D eigenvalue weighted by Crippen LogP contribution is -2.53. The molecular formula is C9H18O9. The van der Waals surface area contributed by atoms with E-state index in [0.717, 1.165) is 0 Å². The van der Waals surface area contributed by atoms with Gasteiger partial charge in [-0.3, -0.25) is 0 Å². The summed E-state index contributed by atoms with van der Waals surface area (Å²) in [6.07, 6.45) is -18.8. The van der Waals surface area contributed by atoms with Crippen LogP contribution in [-0.2, 0) is 0 Å². The van der Waals surface area contributed by atoms with Gasteiger partial charge in [-0.2, -0.15) is 0 Å². The molecule has 0 amide bonds. The highest BCUT2D eigenvalue weighted by Crippen LogP contribution is 2.21. The van der Waals surface area contributed by atoms with Crippen LogP contribution in [0.25, 0.3) is 0 Å². The fourth-order valence-corrected chi connectivity index (χ4v) is 1.82. The molecule has 0 aromatic carbocycles. The van der Waals surface area contributed by atoms with Gasteiger partial charge in [-0.1, -0.05) is 0 Å². The zero-order valence-electron chi connectivity index (χ0n) is 9.22. The number of hydrogen-bond acceptors (Lipinski definition) is 9. The predicted octanol–water partition coefficient (Wildman–Crippen LogP) is -5.75. The van der Waals surface area contributed by atoms with Gasteiger partial charge in [-0.05, 0) is 0 Å². The maximum atomic E-state index is 9.42. The molecule has 9 nitrogen and oxygen atoms in total. The third kappa shape index (κ3) is 2.64. The molecule has 0 radical (unpaired) electrons. The molecule has 0 bridgehead atoms. The Morgan fingerprint density at radius 2 is 0.278 bits per heavy atom. The van der Waals surface area contributed by atoms with Crippen molar-refractivity contribution in [1.29, 1.82) is 0 Å². The summed E-state index contributed by atoms with van der Waals surface area (Å²) in [7, 11) is 0. The summed E-state index contributed by atoms with van der Waals surface area (Å²) < 4.78 is 0. The highest BCUT2D eigenvalue weighted by molar-refractivity contribution is 4.98. The van der Waals surface area contributed by atoms with Crippen molar-refractivity contribution >= 4 is 0 Å². The second kappa shape index (κ2) is 5.74. The molecule has 0 spiro atoms. The molecule has 0 aromatic heterocycles. The molecule has 1 fully saturated rings. The highest BCUT2D eigenvalue weighted by Gasteiger charge is 2.47. The first-order chi connectivity index (χ1) is 8.20. The van der Waals surface area contributed by atoms with Gasteiger partial charge in [-0.15, -0.1) is 0 Å². The molecule has 9 N–H and O–H groups in total. The zero-order chi connectivity index (χ0) is 14.2. The minimum absolute atomic E-state index is 2.09. The Labute approximate surface area is 102 Å². The standard InChI is InChI=1S/C9H18O9/c10-1-2(11)4(13)6(15)8(17)9(18)7(16)5(14)3(1)12/h1-18H. The van der Waals surface area contributed by atoms with Gasteiger partial charge in [0.1, 0.15) is 54.9 Å². The molecule has 0 aliphatic heterocycles. The van der Waals surface area contributed by atoms with Crippen molar-refractivity contribution in [2.45, 2.75) is 54.9 Å². The van der Waals surface area contributed by atoms with Gasteiger partial charge in [0.25, 0.3) is 0 Å². The lowest BCUT2D eigenvalue weighted by molar-refractivity contribution is -0.161. The van der Waals surface area contributed by atoms with E-state index in [9.17, 15) is 46.0 Å². The van der Waals surface area contributed by atoms with Crippen LogP contribution < -0.4 is 0 Å². The fourth-order valence-electron chi connectivity index (χ4n) is 1.82. The fraction of sp³-hybridized carbons (Fsp3) is 1.00. The molecule has 0 atom stereocenters. The molecule has 1 saturated carbocycles. The first-order valence-corrected chi connectivity index (χ1v) is 5.32. The quantitative estimate of drug-likeness (QED) is 0.207. The molecule has 18 heavy (non-hydrogen) atoms. The first kappa shape index (κ1) is 15.7. The van der Waals surface area contributed by atoms with Crippen LogP contribution in [-0.4, -0.2) is 101 Å². The molecular weight excluding hydrogens is 252 g/mol. The Kier molecular flexibility index (Phi) is 5.00. The molecule has 0 saturated heterocycles. The first-order valence-electron chi connectivity index (χ1n) is 5.32. The minimum atomic E-state index is -2.09. The summed E-state index contributed by atoms with van der Waals surface area (Å²) in [6, 6.07) is 0. The lowest BCUT2D eigenvalue weighted by atomic mass is 9.97. The van der Waals surface area contributed by atoms with Crippen LogP contribution in [0.1, 0.15) is 0 Å². The van der Waals surface area contributed by atoms with Crippen molar-refractivity contribution in [3.8, 4) is 0 Å². The van der Waals surface area contributed by atoms with Gasteiger partial charge < -0.3 is 46.0 Å². The largest absolute Gasteiger partial charge is 0.387 e. The van der Waals surface area contributed by atoms with E-state index in [2.05, 4.69) is 0 Å². The van der Waals surface area contributed by atoms with E-state index in [4.69, 9.17) is 0 Å². The Morgan fingerprint density at radius 1 is 0.222 bits per heavy atom. The maximum absolute atomic E-state index is 9.42. The Morgan fingerprint density at radius 3 is 0.333 bits per heavy atom. The monoisotopic (exact) mass is 270 g/mol. The molecule has 108 valence electrons. The molecule has 0 unspecified atom stereocenters. The van der Waals surface area contributed by atoms with Gasteiger partial charge in [0.2, 0.25) is 0 Å². The second-order valence-electron chi connectivity index (χ2n) is 4.42. The van der Waals surface area contributed by atoms with Crippen LogP contribution >= 0.6 is 0 Å². The van der Waals surface area contributed by atoms with Crippen molar-refractivity contribution in [2.75, 3.05) is 0 Å². The van der Waals surface area contributed by atoms with Crippen molar-refractivity contribution in [2.24, 2.45) is 0 Å². The van der Waals surface area contributed by atoms with E-state index in [1.165, 1.54) is 0 Å². The van der Waals surface area contributed by atoms with E-state index in [0.29, 0.717) is 0 Å². The van der Waals surface area contributed by atoms with E-state index >= 15 is 0 Å². The molecule has 1 rings (SSSR count). The predicted molar refractivity (Wildman–Crippen MR) is 54.1 cm³/mol. The summed E-state index contributed by atoms with van der Waals surface area (Å²) in [6.45, 7) is 0. The summed E-state index contributed by atoms with van der Waals surface area (Å²) in [5, 5.41) is 84.8. The van der Waals surface area contributed by atoms with Crippen LogP contribution in [0.2, 0.25) is 0 Å². The lowest BCUT2D eigenvalue weighted by Gasteiger charge is -2.29. The van der Waals surface area contributed by atoms with Crippen molar-refractivity contribution in [3.63, 3.8) is 0 Å². The van der Waals surface area contributed by atoms with Crippen LogP contribution in [0.4, 0.5) is 0 Å². The molecule has 0 heterocycles. The summed E-state index contributed by atoms with van der Waals surface area (Å²) in [4.78, 5) is 0. The summed E-state index contributed by atoms with van der Waals surface area (Å²) in [5.74, 6) is 0. The maximum Gasteiger partial charge on any atom is 0.111 e. The van der Waals surface area contributed by atoms with Crippen molar-refractivity contribution < 1.29 is 46.0 Å². The normalized spacial score (nSPS) is 55.5. The van der Waals surface area contributed by atoms with Gasteiger partial charge in [-0.25, -0.2) is 0 Å². The van der Waals surface area contributed by atoms with E-state index in [1.54, 1.807) is 0 Å². The highest BCUT2D eigenvalue weighted by atomic mass is 16.4. The number of rotatable bonds is 0. The Bertz CT molecular complexity index is 171. The number of hydrogen-bond donors (Lipinski definition) is 9. The summed E-state index contributed by atoms with van der Waals surface area (Å²) >= 11 is 0. The number of aliphatic hydroxyl groups excluding tert-OH is 9. The van der Waals surface area contributed by atoms with Crippen LogP contribution in [0.3, 0.4) is 0 Å². The molecule has 0 aromatic rings. The minimum Gasteiger partial charge on any atom is -0.387 e. The number of aliphatic hydroxyl groups is 9. The topological polar surface area (TPSA) is 182 Å². The molecule has 9 heteroatoms. The van der Waals surface area contributed by atoms with E-state index in [1.807, 2.05) is 0 Å². The van der Waals surface area contributed by atoms with Gasteiger partial charge >= 0.3 is 0 Å². The summed E-state index contributed by atoms with van der Waals surface area (Å²) in [5.41, 5.74) is 0. The molecule has 1 aliphatic rings. The van der Waals surface area contributed by atoms with Crippen molar-refractivity contribution in [1.82, 2.24) is 0 Å². The SMILES string of the molecule is OC1C(O)C(O)C(O)C(O)C(O)C(O)C(O)C1O. The van der Waals surface area contributed by atoms with Crippen LogP contribution in [0.15, 0.2) is 0 Å². The molecule has 1 aliphatic carbocycles. The van der Waals surface area contributed by atoms with Gasteiger partial charge in [0, 0.05) is 0 Å². The van der Waals surface area contributed by atoms with E-state index in [-0.39, 0.29) is 0 Å². The van der Waals surface area contributed by atoms with Gasteiger partial charge in [0.15, 0.2) is 0 Å². The van der Waals surface area contributed by atoms with Crippen LogP contribution in [0.5, 0.6) is 0 Å². The third-order valence-electron chi connectivity index (χ3n) is 3.15. The smallest absolute Gasteiger partial charge is 0.111 e. The Hall–Kier alpha value is -0.360. The van der Waals surface area contributed by atoms with E-state index < -0.39 is 54.9 Å².